The molecular formula is C59H70FN9O7Si. The Morgan fingerprint density at radius 3 is 2.16 bits per heavy atom. The largest absolute Gasteiger partial charge is 0.462 e. The Kier molecular flexibility index (Phi) is 14.8. The van der Waals surface area contributed by atoms with Crippen LogP contribution in [0.2, 0.25) is 16.6 Å². The number of amides is 5. The van der Waals surface area contributed by atoms with E-state index in [0.717, 1.165) is 65.8 Å². The third-order valence-corrected chi connectivity index (χ3v) is 22.8. The average molecular weight is 1060 g/mol. The van der Waals surface area contributed by atoms with Crippen molar-refractivity contribution in [2.45, 2.75) is 135 Å². The second-order valence-corrected chi connectivity index (χ2v) is 28.9. The molecule has 10 rings (SSSR count). The summed E-state index contributed by atoms with van der Waals surface area (Å²) in [6.07, 6.45) is 3.11. The first-order chi connectivity index (χ1) is 36.7. The molecule has 0 saturated carbocycles. The van der Waals surface area contributed by atoms with E-state index in [1.165, 1.54) is 0 Å². The molecule has 404 valence electrons. The topological polar surface area (TPSA) is 171 Å². The van der Waals surface area contributed by atoms with Crippen LogP contribution >= 0.6 is 0 Å². The van der Waals surface area contributed by atoms with Gasteiger partial charge in [0.25, 0.3) is 11.8 Å². The Labute approximate surface area is 451 Å². The van der Waals surface area contributed by atoms with E-state index < -0.39 is 49.2 Å². The van der Waals surface area contributed by atoms with Gasteiger partial charge in [-0.2, -0.15) is 9.97 Å². The molecule has 5 amide bonds. The number of benzene rings is 3. The number of aromatic nitrogens is 3. The zero-order chi connectivity index (χ0) is 54.7. The molecule has 1 N–H and O–H groups in total. The number of halogens is 1. The monoisotopic (exact) mass is 1060 g/mol. The van der Waals surface area contributed by atoms with Gasteiger partial charge >= 0.3 is 12.1 Å². The molecule has 2 aromatic heterocycles. The van der Waals surface area contributed by atoms with E-state index in [9.17, 15) is 24.0 Å². The lowest BCUT2D eigenvalue weighted by Crippen LogP contribution is -2.57. The van der Waals surface area contributed by atoms with E-state index >= 15 is 4.39 Å². The van der Waals surface area contributed by atoms with E-state index in [0.29, 0.717) is 59.6 Å². The van der Waals surface area contributed by atoms with Crippen molar-refractivity contribution in [3.8, 4) is 28.7 Å². The molecule has 3 atom stereocenters. The van der Waals surface area contributed by atoms with Crippen LogP contribution in [0, 0.1) is 17.3 Å². The molecule has 5 aliphatic heterocycles. The molecule has 7 heterocycles. The third-order valence-electron chi connectivity index (χ3n) is 16.5. The first-order valence-electron chi connectivity index (χ1n) is 27.3. The summed E-state index contributed by atoms with van der Waals surface area (Å²) < 4.78 is 30.0. The summed E-state index contributed by atoms with van der Waals surface area (Å²) in [5, 5.41) is 4.47. The summed E-state index contributed by atoms with van der Waals surface area (Å²) in [7, 11) is -2.11. The Bertz CT molecular complexity index is 3210. The van der Waals surface area contributed by atoms with E-state index in [4.69, 9.17) is 24.4 Å². The maximum Gasteiger partial charge on any atom is 0.410 e. The van der Waals surface area contributed by atoms with Crippen molar-refractivity contribution in [3.63, 3.8) is 0 Å². The number of hydrogen-bond donors (Lipinski definition) is 1. The van der Waals surface area contributed by atoms with Crippen LogP contribution in [0.3, 0.4) is 0 Å². The van der Waals surface area contributed by atoms with Gasteiger partial charge in [-0.3, -0.25) is 49.1 Å². The summed E-state index contributed by atoms with van der Waals surface area (Å²) >= 11 is 0. The highest BCUT2D eigenvalue weighted by atomic mass is 28.3. The molecule has 3 aromatic carbocycles. The zero-order valence-electron chi connectivity index (χ0n) is 45.7. The Balaban J connectivity index is 0.892. The minimum Gasteiger partial charge on any atom is -0.462 e. The number of carbonyl (C=O) groups is 5. The van der Waals surface area contributed by atoms with Crippen LogP contribution in [-0.2, 0) is 20.9 Å². The van der Waals surface area contributed by atoms with Crippen molar-refractivity contribution in [2.75, 3.05) is 57.3 Å². The van der Waals surface area contributed by atoms with Gasteiger partial charge in [-0.25, -0.2) is 9.18 Å². The second kappa shape index (κ2) is 21.2. The van der Waals surface area contributed by atoms with Crippen molar-refractivity contribution in [2.24, 2.45) is 0 Å². The molecule has 2 bridgehead atoms. The Hall–Kier alpha value is -6.81. The molecule has 0 radical (unpaired) electrons. The summed E-state index contributed by atoms with van der Waals surface area (Å²) in [5.41, 5.74) is 7.68. The molecule has 3 unspecified atom stereocenters. The minimum absolute atomic E-state index is 0.0479. The number of ether oxygens (including phenoxy) is 2. The van der Waals surface area contributed by atoms with Crippen LogP contribution in [0.25, 0.3) is 32.9 Å². The maximum absolute atomic E-state index is 17.8. The van der Waals surface area contributed by atoms with Gasteiger partial charge in [-0.05, 0) is 85.8 Å². The van der Waals surface area contributed by atoms with Crippen LogP contribution in [0.15, 0.2) is 60.8 Å². The molecule has 0 aliphatic carbocycles. The van der Waals surface area contributed by atoms with Gasteiger partial charge in [0.1, 0.15) is 43.4 Å². The molecule has 5 aliphatic rings. The number of piperazine rings is 2. The summed E-state index contributed by atoms with van der Waals surface area (Å²) in [4.78, 5) is 88.8. The molecule has 0 spiro atoms. The number of carbonyl (C=O) groups excluding carboxylic acids is 5. The van der Waals surface area contributed by atoms with Gasteiger partial charge in [0.05, 0.1) is 28.6 Å². The number of pyridine rings is 1. The van der Waals surface area contributed by atoms with Crippen molar-refractivity contribution >= 4 is 65.3 Å². The smallest absolute Gasteiger partial charge is 0.410 e. The van der Waals surface area contributed by atoms with Gasteiger partial charge in [-0.15, -0.1) is 5.54 Å². The minimum atomic E-state index is -2.11. The predicted molar refractivity (Wildman–Crippen MR) is 296 cm³/mol. The quantitative estimate of drug-likeness (QED) is 0.0716. The molecule has 4 saturated heterocycles. The van der Waals surface area contributed by atoms with Crippen molar-refractivity contribution in [1.82, 2.24) is 39.9 Å². The van der Waals surface area contributed by atoms with E-state index in [1.807, 2.05) is 68.1 Å². The normalized spacial score (nSPS) is 20.4. The number of fused-ring (bicyclic) bond motifs is 5. The van der Waals surface area contributed by atoms with Crippen molar-refractivity contribution in [1.29, 1.82) is 0 Å². The number of imide groups is 2. The standard InChI is InChI=1S/C59H70FN9O7Si/c1-35(2)77(36(3)4,37(5)6)29-22-40-13-10-12-39-14-11-15-44(49(39)40)51-50(60)52-46(31-61-51)53(67-33-41-17-18-42(34-67)68(41)58(74)76-59(7,8)9)64-57(63-52)75-28-27-65-23-25-66(26-24-65)32-38-16-19-43-45(30-38)56(73)69(55(43)72)47-20-21-48(70)62-54(47)71/h10-16,19,30-31,35-37,41-42,47H,17-18,20-21,23-28,32-34H2,1-9H3,(H,62,70,71). The number of rotatable bonds is 12. The lowest BCUT2D eigenvalue weighted by Gasteiger charge is -2.42. The number of nitrogens with one attached hydrogen (secondary N) is 1. The van der Waals surface area contributed by atoms with Crippen molar-refractivity contribution < 1.29 is 37.8 Å². The first kappa shape index (κ1) is 53.6. The molecule has 5 aromatic rings. The zero-order valence-corrected chi connectivity index (χ0v) is 46.7. The SMILES string of the molecule is CC(C)[Si](C#Cc1cccc2cccc(-c3ncc4c(N5CC6CCC(C5)N6C(=O)OC(C)(C)C)nc(OCCN5CCN(Cc6ccc7c(c6)C(=O)N(C6CCC(=O)NC6=O)C7=O)CC5)nc4c3F)c12)(C(C)C)C(C)C. The second-order valence-electron chi connectivity index (χ2n) is 23.3. The van der Waals surface area contributed by atoms with Crippen LogP contribution in [0.4, 0.5) is 15.0 Å². The van der Waals surface area contributed by atoms with E-state index in [2.05, 4.69) is 73.0 Å². The fourth-order valence-electron chi connectivity index (χ4n) is 12.8. The summed E-state index contributed by atoms with van der Waals surface area (Å²) in [5.74, 6) is 1.47. The fraction of sp³-hybridized carbons (Fsp3) is 0.492. The summed E-state index contributed by atoms with van der Waals surface area (Å²) in [6, 6.07) is 15.9. The maximum atomic E-state index is 17.8. The first-order valence-corrected chi connectivity index (χ1v) is 29.5. The van der Waals surface area contributed by atoms with Crippen LogP contribution in [-0.4, -0.2) is 148 Å². The predicted octanol–water partition coefficient (Wildman–Crippen LogP) is 8.74. The van der Waals surface area contributed by atoms with E-state index in [1.54, 1.807) is 18.3 Å². The number of hydrogen-bond acceptors (Lipinski definition) is 13. The molecule has 18 heteroatoms. The fourth-order valence-corrected chi connectivity index (χ4v) is 18.0. The molecular weight excluding hydrogens is 994 g/mol. The molecule has 77 heavy (non-hydrogen) atoms. The van der Waals surface area contributed by atoms with Gasteiger partial charge in [0, 0.05) is 81.5 Å². The van der Waals surface area contributed by atoms with Gasteiger partial charge < -0.3 is 14.4 Å². The molecule has 16 nitrogen and oxygen atoms in total. The summed E-state index contributed by atoms with van der Waals surface area (Å²) in [6.45, 7) is 24.6. The van der Waals surface area contributed by atoms with Gasteiger partial charge in [0.15, 0.2) is 5.82 Å². The van der Waals surface area contributed by atoms with Gasteiger partial charge in [-0.1, -0.05) is 83.9 Å². The number of piperidine rings is 1. The highest BCUT2D eigenvalue weighted by molar-refractivity contribution is 6.90. The van der Waals surface area contributed by atoms with Gasteiger partial charge in [0.2, 0.25) is 11.8 Å². The van der Waals surface area contributed by atoms with E-state index in [-0.39, 0.29) is 66.0 Å². The van der Waals surface area contributed by atoms with Crippen molar-refractivity contribution in [3.05, 3.63) is 88.9 Å². The molecule has 4 fully saturated rings. The Morgan fingerprint density at radius 1 is 0.831 bits per heavy atom. The highest BCUT2D eigenvalue weighted by Crippen LogP contribution is 2.42. The lowest BCUT2D eigenvalue weighted by molar-refractivity contribution is -0.136. The van der Waals surface area contributed by atoms with Crippen LogP contribution in [0.5, 0.6) is 6.01 Å². The Morgan fingerprint density at radius 2 is 1.49 bits per heavy atom. The van der Waals surface area contributed by atoms with Crippen LogP contribution in [0.1, 0.15) is 120 Å². The average Bonchev–Trinajstić information content (AvgIpc) is 3.84. The number of anilines is 1. The van der Waals surface area contributed by atoms with Crippen LogP contribution < -0.4 is 15.0 Å². The highest BCUT2D eigenvalue weighted by Gasteiger charge is 2.47. The third kappa shape index (κ3) is 10.3. The number of nitrogens with zero attached hydrogens (tertiary/aromatic N) is 8. The lowest BCUT2D eigenvalue weighted by atomic mass is 9.96.